The fourth-order valence-corrected chi connectivity index (χ4v) is 4.25. The van der Waals surface area contributed by atoms with Crippen LogP contribution in [0.4, 0.5) is 9.18 Å². The largest absolute Gasteiger partial charge is 0.328 e. The van der Waals surface area contributed by atoms with Crippen LogP contribution in [0.1, 0.15) is 43.4 Å². The fraction of sp³-hybridized carbons (Fsp3) is 0.529. The first kappa shape index (κ1) is 13.7. The highest BCUT2D eigenvalue weighted by Crippen LogP contribution is 2.43. The number of imide groups is 1. The van der Waals surface area contributed by atoms with Crippen LogP contribution >= 0.6 is 0 Å². The van der Waals surface area contributed by atoms with Gasteiger partial charge in [-0.05, 0) is 48.8 Å². The van der Waals surface area contributed by atoms with Crippen LogP contribution in [0.5, 0.6) is 0 Å². The molecule has 1 aromatic carbocycles. The van der Waals surface area contributed by atoms with Crippen molar-refractivity contribution in [2.24, 2.45) is 5.92 Å². The van der Waals surface area contributed by atoms with E-state index < -0.39 is 0 Å². The third kappa shape index (κ3) is 1.74. The first-order valence-electron chi connectivity index (χ1n) is 8.00. The third-order valence-electron chi connectivity index (χ3n) is 5.37. The molecule has 3 amide bonds. The van der Waals surface area contributed by atoms with Crippen molar-refractivity contribution in [1.82, 2.24) is 9.80 Å². The molecule has 22 heavy (non-hydrogen) atoms. The molecule has 0 bridgehead atoms. The van der Waals surface area contributed by atoms with E-state index in [1.807, 2.05) is 13.0 Å². The van der Waals surface area contributed by atoms with Crippen LogP contribution in [0.15, 0.2) is 18.2 Å². The minimum atomic E-state index is -0.329. The van der Waals surface area contributed by atoms with Gasteiger partial charge in [0.15, 0.2) is 0 Å². The number of fused-ring (bicyclic) bond motifs is 2. The van der Waals surface area contributed by atoms with E-state index in [1.54, 1.807) is 11.0 Å². The predicted molar refractivity (Wildman–Crippen MR) is 78.6 cm³/mol. The number of nitrogens with zero attached hydrogens (tertiary/aromatic N) is 2. The molecule has 1 aliphatic carbocycles. The number of rotatable bonds is 1. The van der Waals surface area contributed by atoms with Crippen molar-refractivity contribution in [3.63, 3.8) is 0 Å². The second-order valence-corrected chi connectivity index (χ2v) is 6.61. The van der Waals surface area contributed by atoms with E-state index in [1.165, 1.54) is 11.0 Å². The van der Waals surface area contributed by atoms with Crippen molar-refractivity contribution in [2.75, 3.05) is 6.54 Å². The van der Waals surface area contributed by atoms with Gasteiger partial charge in [-0.15, -0.1) is 0 Å². The SMILES string of the molecule is C[C@@H]1CCc2c(F)cccc2[C@H]1N1C(=O)[C@@H]2CCCN2C1=O. The summed E-state index contributed by atoms with van der Waals surface area (Å²) in [7, 11) is 0. The van der Waals surface area contributed by atoms with Gasteiger partial charge in [-0.3, -0.25) is 9.69 Å². The van der Waals surface area contributed by atoms with Crippen molar-refractivity contribution < 1.29 is 14.0 Å². The molecule has 1 aromatic rings. The minimum absolute atomic E-state index is 0.100. The van der Waals surface area contributed by atoms with Gasteiger partial charge in [-0.1, -0.05) is 19.1 Å². The Hall–Kier alpha value is -1.91. The molecule has 2 saturated heterocycles. The number of hydrogen-bond acceptors (Lipinski definition) is 2. The quantitative estimate of drug-likeness (QED) is 0.748. The van der Waals surface area contributed by atoms with Crippen molar-refractivity contribution in [3.05, 3.63) is 35.1 Å². The molecule has 0 radical (unpaired) electrons. The Bertz CT molecular complexity index is 638. The van der Waals surface area contributed by atoms with Crippen molar-refractivity contribution in [2.45, 2.75) is 44.7 Å². The number of halogens is 1. The highest BCUT2D eigenvalue weighted by molar-refractivity contribution is 6.05. The van der Waals surface area contributed by atoms with Gasteiger partial charge in [0.25, 0.3) is 5.91 Å². The second-order valence-electron chi connectivity index (χ2n) is 6.61. The zero-order chi connectivity index (χ0) is 15.4. The number of hydrogen-bond donors (Lipinski definition) is 0. The topological polar surface area (TPSA) is 40.6 Å². The van der Waals surface area contributed by atoms with Gasteiger partial charge in [0, 0.05) is 6.54 Å². The van der Waals surface area contributed by atoms with Gasteiger partial charge in [-0.2, -0.15) is 0 Å². The van der Waals surface area contributed by atoms with Crippen LogP contribution in [0.25, 0.3) is 0 Å². The Morgan fingerprint density at radius 1 is 1.23 bits per heavy atom. The van der Waals surface area contributed by atoms with Crippen LogP contribution in [-0.2, 0) is 11.2 Å². The van der Waals surface area contributed by atoms with Gasteiger partial charge < -0.3 is 4.90 Å². The Morgan fingerprint density at radius 2 is 2.05 bits per heavy atom. The predicted octanol–water partition coefficient (Wildman–Crippen LogP) is 2.88. The molecule has 2 heterocycles. The number of urea groups is 1. The molecule has 0 unspecified atom stereocenters. The lowest BCUT2D eigenvalue weighted by atomic mass is 9.79. The summed E-state index contributed by atoms with van der Waals surface area (Å²) in [6.45, 7) is 2.70. The number of amides is 3. The van der Waals surface area contributed by atoms with Crippen LogP contribution in [0, 0.1) is 11.7 Å². The molecule has 0 aromatic heterocycles. The molecule has 116 valence electrons. The van der Waals surface area contributed by atoms with E-state index in [0.29, 0.717) is 18.5 Å². The molecule has 5 heteroatoms. The molecular formula is C17H19FN2O2. The van der Waals surface area contributed by atoms with Crippen LogP contribution in [0.2, 0.25) is 0 Å². The normalized spacial score (nSPS) is 30.7. The van der Waals surface area contributed by atoms with Crippen LogP contribution in [-0.4, -0.2) is 34.3 Å². The lowest BCUT2D eigenvalue weighted by Crippen LogP contribution is -2.41. The molecule has 2 fully saturated rings. The molecule has 3 aliphatic rings. The highest BCUT2D eigenvalue weighted by atomic mass is 19.1. The zero-order valence-corrected chi connectivity index (χ0v) is 12.6. The van der Waals surface area contributed by atoms with Crippen molar-refractivity contribution in [3.8, 4) is 0 Å². The zero-order valence-electron chi connectivity index (χ0n) is 12.6. The Morgan fingerprint density at radius 3 is 2.82 bits per heavy atom. The molecule has 2 aliphatic heterocycles. The molecule has 4 rings (SSSR count). The molecule has 0 spiro atoms. The lowest BCUT2D eigenvalue weighted by molar-refractivity contribution is -0.130. The lowest BCUT2D eigenvalue weighted by Gasteiger charge is -2.36. The van der Waals surface area contributed by atoms with Crippen LogP contribution in [0.3, 0.4) is 0 Å². The third-order valence-corrected chi connectivity index (χ3v) is 5.37. The average molecular weight is 302 g/mol. The van der Waals surface area contributed by atoms with E-state index >= 15 is 0 Å². The maximum Gasteiger partial charge on any atom is 0.328 e. The van der Waals surface area contributed by atoms with E-state index in [2.05, 4.69) is 0 Å². The van der Waals surface area contributed by atoms with Crippen molar-refractivity contribution >= 4 is 11.9 Å². The molecule has 0 N–H and O–H groups in total. The van der Waals surface area contributed by atoms with Gasteiger partial charge >= 0.3 is 6.03 Å². The summed E-state index contributed by atoms with van der Waals surface area (Å²) < 4.78 is 14.1. The molecule has 4 nitrogen and oxygen atoms in total. The summed E-state index contributed by atoms with van der Waals surface area (Å²) in [5.74, 6) is -0.173. The highest BCUT2D eigenvalue weighted by Gasteiger charge is 2.51. The average Bonchev–Trinajstić information content (AvgIpc) is 3.06. The molecular weight excluding hydrogens is 283 g/mol. The van der Waals surface area contributed by atoms with Crippen molar-refractivity contribution in [1.29, 1.82) is 0 Å². The summed E-state index contributed by atoms with van der Waals surface area (Å²) >= 11 is 0. The monoisotopic (exact) mass is 302 g/mol. The van der Waals surface area contributed by atoms with E-state index in [9.17, 15) is 14.0 Å². The summed E-state index contributed by atoms with van der Waals surface area (Å²) in [4.78, 5) is 28.5. The van der Waals surface area contributed by atoms with E-state index in [0.717, 1.165) is 24.8 Å². The fourth-order valence-electron chi connectivity index (χ4n) is 4.25. The van der Waals surface area contributed by atoms with Gasteiger partial charge in [0.05, 0.1) is 6.04 Å². The summed E-state index contributed by atoms with van der Waals surface area (Å²) in [5, 5.41) is 0. The summed E-state index contributed by atoms with van der Waals surface area (Å²) in [6, 6.07) is 4.18. The Labute approximate surface area is 128 Å². The number of carbonyl (C=O) groups excluding carboxylic acids is 2. The molecule has 0 saturated carbocycles. The molecule has 3 atom stereocenters. The standard InChI is InChI=1S/C17H19FN2O2/c1-10-7-8-11-12(4-2-5-13(11)18)15(10)20-16(21)14-6-3-9-19(14)17(20)22/h2,4-5,10,14-15H,3,6-9H2,1H3/t10-,14+,15+/m1/s1. The maximum atomic E-state index is 14.1. The Balaban J connectivity index is 1.78. The number of carbonyl (C=O) groups is 2. The summed E-state index contributed by atoms with van der Waals surface area (Å²) in [5.41, 5.74) is 1.47. The minimum Gasteiger partial charge on any atom is -0.312 e. The first-order valence-corrected chi connectivity index (χ1v) is 8.00. The van der Waals surface area contributed by atoms with E-state index in [-0.39, 0.29) is 35.8 Å². The van der Waals surface area contributed by atoms with Gasteiger partial charge in [-0.25, -0.2) is 9.18 Å². The smallest absolute Gasteiger partial charge is 0.312 e. The van der Waals surface area contributed by atoms with Crippen LogP contribution < -0.4 is 0 Å². The number of benzene rings is 1. The van der Waals surface area contributed by atoms with E-state index in [4.69, 9.17) is 0 Å². The van der Waals surface area contributed by atoms with Gasteiger partial charge in [0.2, 0.25) is 0 Å². The maximum absolute atomic E-state index is 14.1. The van der Waals surface area contributed by atoms with Gasteiger partial charge in [0.1, 0.15) is 11.9 Å². The Kier molecular flexibility index (Phi) is 2.99. The summed E-state index contributed by atoms with van der Waals surface area (Å²) in [6.07, 6.45) is 3.10. The second kappa shape index (κ2) is 4.80. The first-order chi connectivity index (χ1) is 10.6.